The Hall–Kier alpha value is -1.29. The number of piperidine rings is 1. The summed E-state index contributed by atoms with van der Waals surface area (Å²) in [6, 6.07) is 3.77. The lowest BCUT2D eigenvalue weighted by Crippen LogP contribution is -2.28. The Balaban J connectivity index is 2.05. The Bertz CT molecular complexity index is 490. The van der Waals surface area contributed by atoms with Crippen LogP contribution in [0.25, 0.3) is 0 Å². The number of rotatable bonds is 2. The van der Waals surface area contributed by atoms with Gasteiger partial charge in [-0.3, -0.25) is 0 Å². The van der Waals surface area contributed by atoms with E-state index in [2.05, 4.69) is 5.32 Å². The second-order valence-electron chi connectivity index (χ2n) is 6.09. The standard InChI is InChI=1S/C16H22FNO2/c1-16(2,17)12-9-13(11-3-5-18-6-4-11)15-14(10-12)19-7-8-20-15/h9-11,18H,3-8H2,1-2H3. The average molecular weight is 279 g/mol. The maximum absolute atomic E-state index is 14.3. The largest absolute Gasteiger partial charge is 0.486 e. The van der Waals surface area contributed by atoms with E-state index >= 15 is 0 Å². The highest BCUT2D eigenvalue weighted by Crippen LogP contribution is 2.44. The first kappa shape index (κ1) is 13.7. The van der Waals surface area contributed by atoms with Crippen LogP contribution in [0.3, 0.4) is 0 Å². The molecule has 0 aromatic heterocycles. The highest BCUT2D eigenvalue weighted by atomic mass is 19.1. The van der Waals surface area contributed by atoms with Crippen molar-refractivity contribution < 1.29 is 13.9 Å². The number of ether oxygens (including phenoxy) is 2. The second kappa shape index (κ2) is 5.24. The molecule has 0 unspecified atom stereocenters. The van der Waals surface area contributed by atoms with E-state index in [0.29, 0.717) is 30.4 Å². The molecule has 0 saturated carbocycles. The van der Waals surface area contributed by atoms with Crippen molar-refractivity contribution in [3.05, 3.63) is 23.3 Å². The molecular weight excluding hydrogens is 257 g/mol. The van der Waals surface area contributed by atoms with E-state index in [4.69, 9.17) is 9.47 Å². The van der Waals surface area contributed by atoms with Crippen LogP contribution in [-0.4, -0.2) is 26.3 Å². The van der Waals surface area contributed by atoms with Crippen LogP contribution in [0.5, 0.6) is 11.5 Å². The van der Waals surface area contributed by atoms with E-state index in [1.54, 1.807) is 19.9 Å². The van der Waals surface area contributed by atoms with Crippen LogP contribution in [0.1, 0.15) is 43.7 Å². The molecule has 0 radical (unpaired) electrons. The zero-order valence-electron chi connectivity index (χ0n) is 12.2. The molecule has 2 heterocycles. The Labute approximate surface area is 119 Å². The molecule has 3 nitrogen and oxygen atoms in total. The molecule has 0 amide bonds. The Morgan fingerprint density at radius 2 is 1.85 bits per heavy atom. The zero-order valence-corrected chi connectivity index (χ0v) is 12.2. The van der Waals surface area contributed by atoms with Gasteiger partial charge in [-0.25, -0.2) is 4.39 Å². The Morgan fingerprint density at radius 3 is 2.55 bits per heavy atom. The van der Waals surface area contributed by atoms with E-state index < -0.39 is 5.67 Å². The van der Waals surface area contributed by atoms with Crippen LogP contribution in [0.2, 0.25) is 0 Å². The van der Waals surface area contributed by atoms with Gasteiger partial charge in [0.2, 0.25) is 0 Å². The summed E-state index contributed by atoms with van der Waals surface area (Å²) in [5.74, 6) is 1.96. The van der Waals surface area contributed by atoms with Crippen molar-refractivity contribution in [1.29, 1.82) is 0 Å². The molecule has 3 rings (SSSR count). The van der Waals surface area contributed by atoms with E-state index in [-0.39, 0.29) is 0 Å². The molecule has 110 valence electrons. The molecule has 2 aliphatic heterocycles. The minimum Gasteiger partial charge on any atom is -0.486 e. The van der Waals surface area contributed by atoms with Gasteiger partial charge in [0.1, 0.15) is 18.9 Å². The number of hydrogen-bond acceptors (Lipinski definition) is 3. The lowest BCUT2D eigenvalue weighted by molar-refractivity contribution is 0.165. The Kier molecular flexibility index (Phi) is 3.59. The third-order valence-electron chi connectivity index (χ3n) is 4.14. The fraction of sp³-hybridized carbons (Fsp3) is 0.625. The van der Waals surface area contributed by atoms with E-state index in [9.17, 15) is 4.39 Å². The molecule has 1 N–H and O–H groups in total. The summed E-state index contributed by atoms with van der Waals surface area (Å²) in [5, 5.41) is 3.36. The van der Waals surface area contributed by atoms with Crippen molar-refractivity contribution in [2.75, 3.05) is 26.3 Å². The summed E-state index contributed by atoms with van der Waals surface area (Å²) >= 11 is 0. The summed E-state index contributed by atoms with van der Waals surface area (Å²) in [5.41, 5.74) is 0.428. The van der Waals surface area contributed by atoms with Gasteiger partial charge in [0.05, 0.1) is 0 Å². The van der Waals surface area contributed by atoms with Crippen LogP contribution in [0.4, 0.5) is 4.39 Å². The van der Waals surface area contributed by atoms with Crippen LogP contribution >= 0.6 is 0 Å². The number of fused-ring (bicyclic) bond motifs is 1. The van der Waals surface area contributed by atoms with E-state index in [0.717, 1.165) is 37.2 Å². The van der Waals surface area contributed by atoms with Gasteiger partial charge in [0, 0.05) is 5.56 Å². The van der Waals surface area contributed by atoms with Crippen molar-refractivity contribution in [1.82, 2.24) is 5.32 Å². The predicted molar refractivity (Wildman–Crippen MR) is 76.4 cm³/mol. The molecule has 1 fully saturated rings. The minimum atomic E-state index is -1.36. The predicted octanol–water partition coefficient (Wildman–Crippen LogP) is 3.13. The zero-order chi connectivity index (χ0) is 14.2. The number of alkyl halides is 1. The first-order chi connectivity index (χ1) is 9.55. The lowest BCUT2D eigenvalue weighted by Gasteiger charge is -2.30. The fourth-order valence-corrected chi connectivity index (χ4v) is 2.96. The summed E-state index contributed by atoms with van der Waals surface area (Å²) in [4.78, 5) is 0. The van der Waals surface area contributed by atoms with Crippen LogP contribution in [-0.2, 0) is 5.67 Å². The van der Waals surface area contributed by atoms with Gasteiger partial charge in [0.15, 0.2) is 11.5 Å². The summed E-state index contributed by atoms with van der Waals surface area (Å²) in [6.45, 7) is 6.29. The van der Waals surface area contributed by atoms with Gasteiger partial charge in [-0.15, -0.1) is 0 Å². The Morgan fingerprint density at radius 1 is 1.15 bits per heavy atom. The lowest BCUT2D eigenvalue weighted by atomic mass is 9.86. The topological polar surface area (TPSA) is 30.5 Å². The van der Waals surface area contributed by atoms with Gasteiger partial charge in [-0.05, 0) is 63.4 Å². The van der Waals surface area contributed by atoms with Crippen LogP contribution < -0.4 is 14.8 Å². The van der Waals surface area contributed by atoms with Gasteiger partial charge >= 0.3 is 0 Å². The quantitative estimate of drug-likeness (QED) is 0.902. The van der Waals surface area contributed by atoms with Crippen molar-refractivity contribution >= 4 is 0 Å². The summed E-state index contributed by atoms with van der Waals surface area (Å²) in [7, 11) is 0. The monoisotopic (exact) mass is 279 g/mol. The van der Waals surface area contributed by atoms with Crippen molar-refractivity contribution in [2.45, 2.75) is 38.3 Å². The summed E-state index contributed by atoms with van der Waals surface area (Å²) in [6.07, 6.45) is 2.12. The molecule has 1 aromatic rings. The molecule has 0 bridgehead atoms. The normalized spacial score (nSPS) is 19.9. The van der Waals surface area contributed by atoms with Crippen LogP contribution in [0, 0.1) is 0 Å². The maximum Gasteiger partial charge on any atom is 0.164 e. The molecule has 1 saturated heterocycles. The molecule has 20 heavy (non-hydrogen) atoms. The third-order valence-corrected chi connectivity index (χ3v) is 4.14. The average Bonchev–Trinajstić information content (AvgIpc) is 2.46. The highest BCUT2D eigenvalue weighted by Gasteiger charge is 2.28. The number of halogens is 1. The third kappa shape index (κ3) is 2.62. The SMILES string of the molecule is CC(C)(F)c1cc2c(c(C3CCNCC3)c1)OCCO2. The van der Waals surface area contributed by atoms with Gasteiger partial charge in [-0.2, -0.15) is 0 Å². The smallest absolute Gasteiger partial charge is 0.164 e. The second-order valence-corrected chi connectivity index (χ2v) is 6.09. The van der Waals surface area contributed by atoms with Crippen molar-refractivity contribution in [3.8, 4) is 11.5 Å². The van der Waals surface area contributed by atoms with Crippen molar-refractivity contribution in [3.63, 3.8) is 0 Å². The van der Waals surface area contributed by atoms with Gasteiger partial charge < -0.3 is 14.8 Å². The molecule has 0 atom stereocenters. The molecule has 1 aromatic carbocycles. The van der Waals surface area contributed by atoms with E-state index in [1.165, 1.54) is 0 Å². The molecular formula is C16H22FNO2. The van der Waals surface area contributed by atoms with Crippen LogP contribution in [0.15, 0.2) is 12.1 Å². The number of nitrogens with one attached hydrogen (secondary N) is 1. The molecule has 0 spiro atoms. The molecule has 2 aliphatic rings. The first-order valence-electron chi connectivity index (χ1n) is 7.39. The minimum absolute atomic E-state index is 0.425. The maximum atomic E-state index is 14.3. The number of benzene rings is 1. The molecule has 0 aliphatic carbocycles. The number of hydrogen-bond donors (Lipinski definition) is 1. The summed E-state index contributed by atoms with van der Waals surface area (Å²) < 4.78 is 25.8. The van der Waals surface area contributed by atoms with Crippen molar-refractivity contribution in [2.24, 2.45) is 0 Å². The first-order valence-corrected chi connectivity index (χ1v) is 7.39. The highest BCUT2D eigenvalue weighted by molar-refractivity contribution is 5.53. The van der Waals surface area contributed by atoms with E-state index in [1.807, 2.05) is 6.07 Å². The fourth-order valence-electron chi connectivity index (χ4n) is 2.96. The van der Waals surface area contributed by atoms with Gasteiger partial charge in [-0.1, -0.05) is 0 Å². The van der Waals surface area contributed by atoms with Gasteiger partial charge in [0.25, 0.3) is 0 Å². The molecule has 4 heteroatoms.